The summed E-state index contributed by atoms with van der Waals surface area (Å²) >= 11 is 0. The first-order valence-electron chi connectivity index (χ1n) is 34.9. The molecule has 19 heteroatoms. The van der Waals surface area contributed by atoms with Gasteiger partial charge in [-0.15, -0.1) is 0 Å². The molecule has 3 saturated heterocycles. The van der Waals surface area contributed by atoms with Gasteiger partial charge in [-0.2, -0.15) is 0 Å². The zero-order valence-corrected chi connectivity index (χ0v) is 54.2. The van der Waals surface area contributed by atoms with E-state index in [0.717, 1.165) is 51.4 Å². The summed E-state index contributed by atoms with van der Waals surface area (Å²) in [6.45, 7) is 1.62. The lowest BCUT2D eigenvalue weighted by atomic mass is 9.96. The van der Waals surface area contributed by atoms with Crippen molar-refractivity contribution in [2.75, 3.05) is 26.4 Å². The van der Waals surface area contributed by atoms with Crippen LogP contribution in [0.2, 0.25) is 0 Å². The lowest BCUT2D eigenvalue weighted by Crippen LogP contribution is -2.66. The first-order valence-corrected chi connectivity index (χ1v) is 34.9. The largest absolute Gasteiger partial charge is 0.394 e. The molecule has 0 aliphatic carbocycles. The number of unbranched alkanes of at least 4 members (excludes halogenated alkanes) is 31. The highest BCUT2D eigenvalue weighted by Crippen LogP contribution is 2.33. The zero-order chi connectivity index (χ0) is 64.0. The van der Waals surface area contributed by atoms with Gasteiger partial charge >= 0.3 is 0 Å². The lowest BCUT2D eigenvalue weighted by Gasteiger charge is -2.48. The minimum absolute atomic E-state index is 0.237. The molecule has 19 nitrogen and oxygen atoms in total. The van der Waals surface area contributed by atoms with Crippen LogP contribution >= 0.6 is 0 Å². The maximum atomic E-state index is 13.3. The van der Waals surface area contributed by atoms with Crippen molar-refractivity contribution in [2.24, 2.45) is 0 Å². The lowest BCUT2D eigenvalue weighted by molar-refractivity contribution is -0.379. The van der Waals surface area contributed by atoms with Crippen LogP contribution in [0.4, 0.5) is 0 Å². The number of aliphatic hydroxyl groups is 11. The molecule has 3 aliphatic heterocycles. The van der Waals surface area contributed by atoms with Gasteiger partial charge in [0.25, 0.3) is 0 Å². The van der Waals surface area contributed by atoms with Crippen LogP contribution in [0.25, 0.3) is 0 Å². The zero-order valence-electron chi connectivity index (χ0n) is 54.2. The maximum Gasteiger partial charge on any atom is 0.220 e. The maximum absolute atomic E-state index is 13.3. The molecular formula is C69H125NO18. The van der Waals surface area contributed by atoms with E-state index >= 15 is 0 Å². The Balaban J connectivity index is 1.29. The number of aliphatic hydroxyl groups excluding tert-OH is 11. The molecule has 1 amide bonds. The Morgan fingerprint density at radius 1 is 0.409 bits per heavy atom. The minimum atomic E-state index is -1.98. The number of amides is 1. The Bertz CT molecular complexity index is 1790. The average Bonchev–Trinajstić information content (AvgIpc) is 0.958. The molecule has 17 atom stereocenters. The van der Waals surface area contributed by atoms with E-state index < -0.39 is 124 Å². The summed E-state index contributed by atoms with van der Waals surface area (Å²) in [5, 5.41) is 120. The summed E-state index contributed by atoms with van der Waals surface area (Å²) in [7, 11) is 0. The third-order valence-electron chi connectivity index (χ3n) is 17.3. The van der Waals surface area contributed by atoms with Gasteiger partial charge in [0, 0.05) is 6.42 Å². The topological polar surface area (TPSA) is 307 Å². The molecular weight excluding hydrogens is 1130 g/mol. The smallest absolute Gasteiger partial charge is 0.220 e. The molecule has 0 spiro atoms. The van der Waals surface area contributed by atoms with E-state index in [0.29, 0.717) is 12.8 Å². The molecule has 514 valence electrons. The van der Waals surface area contributed by atoms with Gasteiger partial charge in [-0.25, -0.2) is 0 Å². The molecule has 3 aliphatic rings. The second-order valence-electron chi connectivity index (χ2n) is 25.0. The normalized spacial score (nSPS) is 28.7. The molecule has 0 aromatic rings. The van der Waals surface area contributed by atoms with Crippen molar-refractivity contribution in [3.63, 3.8) is 0 Å². The number of carbonyl (C=O) groups excluding carboxylic acids is 1. The van der Waals surface area contributed by atoms with Crippen LogP contribution in [0, 0.1) is 0 Å². The Labute approximate surface area is 529 Å². The van der Waals surface area contributed by atoms with Crippen molar-refractivity contribution in [2.45, 2.75) is 356 Å². The second-order valence-corrected chi connectivity index (χ2v) is 25.0. The van der Waals surface area contributed by atoms with Gasteiger partial charge in [-0.05, 0) is 57.8 Å². The fourth-order valence-corrected chi connectivity index (χ4v) is 11.6. The summed E-state index contributed by atoms with van der Waals surface area (Å²) in [4.78, 5) is 13.3. The number of carbonyl (C=O) groups is 1. The number of hydrogen-bond donors (Lipinski definition) is 12. The summed E-state index contributed by atoms with van der Waals surface area (Å²) in [5.41, 5.74) is 0. The molecule has 3 heterocycles. The third-order valence-corrected chi connectivity index (χ3v) is 17.3. The van der Waals surface area contributed by atoms with E-state index in [1.54, 1.807) is 6.08 Å². The first-order chi connectivity index (χ1) is 42.8. The van der Waals surface area contributed by atoms with E-state index in [1.165, 1.54) is 167 Å². The van der Waals surface area contributed by atoms with Gasteiger partial charge < -0.3 is 89.9 Å². The number of ether oxygens (including phenoxy) is 6. The third kappa shape index (κ3) is 33.0. The molecule has 0 aromatic heterocycles. The highest BCUT2D eigenvalue weighted by atomic mass is 16.8. The predicted molar refractivity (Wildman–Crippen MR) is 342 cm³/mol. The van der Waals surface area contributed by atoms with Crippen molar-refractivity contribution >= 4 is 5.91 Å². The van der Waals surface area contributed by atoms with Crippen molar-refractivity contribution < 1.29 is 89.4 Å². The monoisotopic (exact) mass is 1260 g/mol. The van der Waals surface area contributed by atoms with Crippen molar-refractivity contribution in [1.29, 1.82) is 0 Å². The molecule has 3 fully saturated rings. The van der Waals surface area contributed by atoms with Crippen LogP contribution in [0.15, 0.2) is 48.6 Å². The van der Waals surface area contributed by atoms with Crippen molar-refractivity contribution in [3.05, 3.63) is 48.6 Å². The van der Waals surface area contributed by atoms with Crippen LogP contribution in [0.1, 0.15) is 251 Å². The van der Waals surface area contributed by atoms with Gasteiger partial charge in [0.2, 0.25) is 5.91 Å². The summed E-state index contributed by atoms with van der Waals surface area (Å²) in [6, 6.07) is -0.986. The molecule has 0 aromatic carbocycles. The van der Waals surface area contributed by atoms with Crippen LogP contribution in [-0.4, -0.2) is 193 Å². The Morgan fingerprint density at radius 2 is 0.773 bits per heavy atom. The number of allylic oxidation sites excluding steroid dienone is 7. The van der Waals surface area contributed by atoms with Crippen LogP contribution in [0.5, 0.6) is 0 Å². The fourth-order valence-electron chi connectivity index (χ4n) is 11.6. The molecule has 17 unspecified atom stereocenters. The predicted octanol–water partition coefficient (Wildman–Crippen LogP) is 9.00. The van der Waals surface area contributed by atoms with Gasteiger partial charge in [-0.3, -0.25) is 4.79 Å². The van der Waals surface area contributed by atoms with E-state index in [1.807, 2.05) is 6.08 Å². The van der Waals surface area contributed by atoms with E-state index in [9.17, 15) is 61.0 Å². The van der Waals surface area contributed by atoms with E-state index in [2.05, 4.69) is 55.6 Å². The van der Waals surface area contributed by atoms with Crippen LogP contribution < -0.4 is 5.32 Å². The molecule has 0 saturated carbocycles. The van der Waals surface area contributed by atoms with Crippen LogP contribution in [-0.2, 0) is 33.2 Å². The fraction of sp³-hybridized carbons (Fsp3) is 0.870. The summed E-state index contributed by atoms with van der Waals surface area (Å²) in [5.74, 6) is -0.287. The molecule has 12 N–H and O–H groups in total. The Morgan fingerprint density at radius 3 is 1.24 bits per heavy atom. The van der Waals surface area contributed by atoms with Crippen molar-refractivity contribution in [1.82, 2.24) is 5.32 Å². The average molecular weight is 1260 g/mol. The number of rotatable bonds is 53. The molecule has 88 heavy (non-hydrogen) atoms. The minimum Gasteiger partial charge on any atom is -0.394 e. The van der Waals surface area contributed by atoms with Gasteiger partial charge in [-0.1, -0.05) is 236 Å². The first kappa shape index (κ1) is 80.0. The Kier molecular flexibility index (Phi) is 46.5. The second kappa shape index (κ2) is 51.2. The highest BCUT2D eigenvalue weighted by molar-refractivity contribution is 5.76. The van der Waals surface area contributed by atoms with E-state index in [-0.39, 0.29) is 18.9 Å². The Hall–Kier alpha value is -2.25. The SMILES string of the molecule is CCCC/C=C/CC/C=C/C(O)C(COC1OC(CO)C(OC2OC(CO)C(OC3OC(CO)C(O)C(O)C3O)C(O)C2O)C(O)C1O)NC(=O)CCCCCCCCCCCCCCCCCCCCCCCCC/C=C\C/C=C\CCCCCCC. The number of nitrogens with one attached hydrogen (secondary N) is 1. The van der Waals surface area contributed by atoms with Gasteiger partial charge in [0.1, 0.15) is 73.2 Å². The van der Waals surface area contributed by atoms with Gasteiger partial charge in [0.05, 0.1) is 38.6 Å². The molecule has 3 rings (SSSR count). The highest BCUT2D eigenvalue weighted by Gasteiger charge is 2.53. The number of hydrogen-bond acceptors (Lipinski definition) is 18. The van der Waals surface area contributed by atoms with Crippen LogP contribution in [0.3, 0.4) is 0 Å². The van der Waals surface area contributed by atoms with Gasteiger partial charge in [0.15, 0.2) is 18.9 Å². The summed E-state index contributed by atoms with van der Waals surface area (Å²) < 4.78 is 34.2. The molecule has 0 bridgehead atoms. The van der Waals surface area contributed by atoms with E-state index in [4.69, 9.17) is 28.4 Å². The quantitative estimate of drug-likeness (QED) is 0.0200. The van der Waals surface area contributed by atoms with Crippen molar-refractivity contribution in [3.8, 4) is 0 Å². The molecule has 0 radical (unpaired) electrons. The summed E-state index contributed by atoms with van der Waals surface area (Å²) in [6.07, 6.45) is 34.6. The standard InChI is InChI=1S/C69H125NO18/c1-3-5-7-9-11-13-14-15-16-17-18-19-20-21-22-23-24-25-26-27-28-29-30-31-32-33-34-35-36-37-38-39-41-43-45-47-57(75)70-52(53(74)46-44-42-40-12-10-8-6-4-2)51-83-67-63(81)60(78)65(55(49-72)85-67)88-69-64(82)61(79)66(56(50-73)86-69)87-68-62(80)59(77)58(76)54(48-71)84-68/h10,12,14-15,17-18,44,46,52-56,58-69,71-74,76-82H,3-9,11,13,16,19-43,45,47-51H2,1-2H3,(H,70,75)/b12-10+,15-14-,18-17-,46-44+.